The predicted molar refractivity (Wildman–Crippen MR) is 135 cm³/mol. The maximum Gasteiger partial charge on any atom is 0.268 e. The lowest BCUT2D eigenvalue weighted by molar-refractivity contribution is -0.126. The highest BCUT2D eigenvalue weighted by Gasteiger charge is 2.25. The zero-order chi connectivity index (χ0) is 23.5. The molecule has 1 aromatic carbocycles. The number of piperidine rings is 1. The van der Waals surface area contributed by atoms with Crippen molar-refractivity contribution in [2.24, 2.45) is 5.92 Å². The van der Waals surface area contributed by atoms with Crippen molar-refractivity contribution in [2.75, 3.05) is 19.6 Å². The van der Waals surface area contributed by atoms with E-state index in [4.69, 9.17) is 0 Å². The van der Waals surface area contributed by atoms with Crippen LogP contribution in [0.25, 0.3) is 20.7 Å². The first kappa shape index (κ1) is 22.9. The fourth-order valence-electron chi connectivity index (χ4n) is 4.29. The second-order valence-corrected chi connectivity index (χ2v) is 10.6. The smallest absolute Gasteiger partial charge is 0.268 e. The van der Waals surface area contributed by atoms with Crippen molar-refractivity contribution in [1.29, 1.82) is 0 Å². The molecule has 9 heteroatoms. The molecule has 3 aromatic heterocycles. The Labute approximate surface area is 204 Å². The fraction of sp³-hybridized carbons (Fsp3) is 0.320. The fourth-order valence-corrected chi connectivity index (χ4v) is 6.00. The Kier molecular flexibility index (Phi) is 6.85. The van der Waals surface area contributed by atoms with Gasteiger partial charge in [0.2, 0.25) is 5.91 Å². The Balaban J connectivity index is 1.17. The average molecular weight is 497 g/mol. The van der Waals surface area contributed by atoms with E-state index in [0.29, 0.717) is 29.1 Å². The van der Waals surface area contributed by atoms with Crippen LogP contribution in [0.2, 0.25) is 0 Å². The zero-order valence-electron chi connectivity index (χ0n) is 18.6. The Bertz CT molecular complexity index is 1320. The van der Waals surface area contributed by atoms with Crippen LogP contribution in [-0.4, -0.2) is 40.4 Å². The molecule has 1 amide bonds. The third-order valence-electron chi connectivity index (χ3n) is 6.14. The molecule has 1 fully saturated rings. The van der Waals surface area contributed by atoms with Crippen LogP contribution in [0.15, 0.2) is 52.6 Å². The second kappa shape index (κ2) is 10.2. The summed E-state index contributed by atoms with van der Waals surface area (Å²) in [7, 11) is 0. The van der Waals surface area contributed by atoms with Crippen molar-refractivity contribution in [1.82, 2.24) is 20.2 Å². The molecule has 176 valence electrons. The number of carbonyl (C=O) groups is 1. The second-order valence-electron chi connectivity index (χ2n) is 8.52. The van der Waals surface area contributed by atoms with Crippen LogP contribution in [0.5, 0.6) is 0 Å². The molecule has 0 spiro atoms. The van der Waals surface area contributed by atoms with Crippen LogP contribution in [0.4, 0.5) is 4.39 Å². The number of hydrogen-bond acceptors (Lipinski definition) is 6. The normalized spacial score (nSPS) is 15.1. The molecule has 6 nitrogen and oxygen atoms in total. The number of nitrogens with one attached hydrogen (secondary N) is 2. The molecule has 0 radical (unpaired) electrons. The first-order valence-electron chi connectivity index (χ1n) is 11.4. The molecule has 4 aromatic rings. The van der Waals surface area contributed by atoms with Gasteiger partial charge in [0.25, 0.3) is 5.56 Å². The first-order chi connectivity index (χ1) is 16.5. The predicted octanol–water partition coefficient (Wildman–Crippen LogP) is 4.42. The Hall–Kier alpha value is -2.88. The van der Waals surface area contributed by atoms with E-state index in [1.54, 1.807) is 23.5 Å². The maximum atomic E-state index is 13.2. The minimum atomic E-state index is -0.289. The van der Waals surface area contributed by atoms with Crippen LogP contribution in [0.1, 0.15) is 23.5 Å². The Morgan fingerprint density at radius 1 is 1.21 bits per heavy atom. The van der Waals surface area contributed by atoms with Gasteiger partial charge in [0.05, 0.1) is 12.1 Å². The third-order valence-corrected chi connectivity index (χ3v) is 8.25. The van der Waals surface area contributed by atoms with Crippen LogP contribution >= 0.6 is 22.7 Å². The van der Waals surface area contributed by atoms with Crippen molar-refractivity contribution in [3.05, 3.63) is 74.7 Å². The molecule has 4 heterocycles. The molecular formula is C25H25FN4O2S2. The average Bonchev–Trinajstić information content (AvgIpc) is 3.50. The van der Waals surface area contributed by atoms with Gasteiger partial charge in [-0.2, -0.15) is 0 Å². The molecule has 0 bridgehead atoms. The Morgan fingerprint density at radius 3 is 2.74 bits per heavy atom. The summed E-state index contributed by atoms with van der Waals surface area (Å²) in [6.45, 7) is 2.79. The van der Waals surface area contributed by atoms with E-state index in [9.17, 15) is 14.0 Å². The summed E-state index contributed by atoms with van der Waals surface area (Å²) in [6.07, 6.45) is 2.46. The van der Waals surface area contributed by atoms with Gasteiger partial charge in [0.1, 0.15) is 16.3 Å². The summed E-state index contributed by atoms with van der Waals surface area (Å²) >= 11 is 3.07. The number of H-pyrrole nitrogens is 1. The van der Waals surface area contributed by atoms with Crippen molar-refractivity contribution in [2.45, 2.75) is 25.8 Å². The van der Waals surface area contributed by atoms with Crippen LogP contribution in [0, 0.1) is 11.7 Å². The molecule has 2 N–H and O–H groups in total. The molecule has 0 atom stereocenters. The number of carbonyl (C=O) groups excluding carboxylic acids is 1. The number of rotatable bonds is 7. The van der Waals surface area contributed by atoms with Crippen LogP contribution in [-0.2, 0) is 17.8 Å². The number of halogens is 1. The van der Waals surface area contributed by atoms with Crippen molar-refractivity contribution in [3.63, 3.8) is 0 Å². The van der Waals surface area contributed by atoms with Gasteiger partial charge >= 0.3 is 0 Å². The van der Waals surface area contributed by atoms with E-state index in [1.165, 1.54) is 28.3 Å². The minimum absolute atomic E-state index is 0.0317. The molecule has 0 unspecified atom stereocenters. The molecule has 0 aliphatic carbocycles. The van der Waals surface area contributed by atoms with Crippen molar-refractivity contribution < 1.29 is 9.18 Å². The lowest BCUT2D eigenvalue weighted by Gasteiger charge is -2.30. The van der Waals surface area contributed by atoms with E-state index < -0.39 is 0 Å². The molecule has 34 heavy (non-hydrogen) atoms. The molecule has 1 saturated heterocycles. The SMILES string of the molecule is O=C(NCCc1cccs1)C1CCN(Cc2nc3cc(-c4ccc(F)cc4)sc3c(=O)[nH]2)CC1. The van der Waals surface area contributed by atoms with Gasteiger partial charge in [0, 0.05) is 22.2 Å². The summed E-state index contributed by atoms with van der Waals surface area (Å²) in [5, 5.41) is 5.12. The number of nitrogens with zero attached hydrogens (tertiary/aromatic N) is 2. The van der Waals surface area contributed by atoms with Gasteiger partial charge in [-0.05, 0) is 67.6 Å². The number of aromatic amines is 1. The summed E-state index contributed by atoms with van der Waals surface area (Å²) in [4.78, 5) is 37.1. The maximum absolute atomic E-state index is 13.2. The highest BCUT2D eigenvalue weighted by atomic mass is 32.1. The van der Waals surface area contributed by atoms with Crippen LogP contribution < -0.4 is 10.9 Å². The van der Waals surface area contributed by atoms with Gasteiger partial charge in [0.15, 0.2) is 0 Å². The molecule has 1 aliphatic rings. The molecule has 1 aliphatic heterocycles. The summed E-state index contributed by atoms with van der Waals surface area (Å²) < 4.78 is 13.8. The van der Waals surface area contributed by atoms with Gasteiger partial charge in [-0.15, -0.1) is 22.7 Å². The number of hydrogen-bond donors (Lipinski definition) is 2. The largest absolute Gasteiger partial charge is 0.355 e. The van der Waals surface area contributed by atoms with Crippen molar-refractivity contribution in [3.8, 4) is 10.4 Å². The van der Waals surface area contributed by atoms with Gasteiger partial charge in [-0.25, -0.2) is 9.37 Å². The molecular weight excluding hydrogens is 471 g/mol. The lowest BCUT2D eigenvalue weighted by atomic mass is 9.96. The standard InChI is InChI=1S/C25H25FN4O2S2/c26-18-5-3-16(4-6-18)21-14-20-23(34-21)25(32)29-22(28-20)15-30-11-8-17(9-12-30)24(31)27-10-7-19-2-1-13-33-19/h1-6,13-14,17H,7-12,15H2,(H,27,31)(H,28,29,32). The van der Waals surface area contributed by atoms with E-state index >= 15 is 0 Å². The number of likely N-dealkylation sites (tertiary alicyclic amines) is 1. The number of aromatic nitrogens is 2. The van der Waals surface area contributed by atoms with Gasteiger partial charge in [-0.1, -0.05) is 18.2 Å². The van der Waals surface area contributed by atoms with Gasteiger partial charge < -0.3 is 10.3 Å². The van der Waals surface area contributed by atoms with Crippen LogP contribution in [0.3, 0.4) is 0 Å². The highest BCUT2D eigenvalue weighted by molar-refractivity contribution is 7.22. The third kappa shape index (κ3) is 5.27. The number of fused-ring (bicyclic) bond motifs is 1. The van der Waals surface area contributed by atoms with E-state index in [-0.39, 0.29) is 23.2 Å². The number of thiophene rings is 2. The van der Waals surface area contributed by atoms with E-state index in [0.717, 1.165) is 42.8 Å². The van der Waals surface area contributed by atoms with Gasteiger partial charge in [-0.3, -0.25) is 14.5 Å². The summed E-state index contributed by atoms with van der Waals surface area (Å²) in [6, 6.07) is 12.2. The molecule has 0 saturated carbocycles. The summed E-state index contributed by atoms with van der Waals surface area (Å²) in [5.74, 6) is 0.502. The Morgan fingerprint density at radius 2 is 2.00 bits per heavy atom. The monoisotopic (exact) mass is 496 g/mol. The topological polar surface area (TPSA) is 78.1 Å². The number of benzene rings is 1. The quantitative estimate of drug-likeness (QED) is 0.397. The number of amides is 1. The van der Waals surface area contributed by atoms with E-state index in [1.807, 2.05) is 12.1 Å². The zero-order valence-corrected chi connectivity index (χ0v) is 20.2. The lowest BCUT2D eigenvalue weighted by Crippen LogP contribution is -2.41. The van der Waals surface area contributed by atoms with E-state index in [2.05, 4.69) is 31.6 Å². The molecule has 5 rings (SSSR count). The summed E-state index contributed by atoms with van der Waals surface area (Å²) in [5.41, 5.74) is 1.36. The van der Waals surface area contributed by atoms with Crippen molar-refractivity contribution >= 4 is 38.8 Å². The highest BCUT2D eigenvalue weighted by Crippen LogP contribution is 2.31. The first-order valence-corrected chi connectivity index (χ1v) is 13.1. The minimum Gasteiger partial charge on any atom is -0.355 e.